The molecule has 0 aromatic carbocycles. The molecule has 7 heteroatoms. The molecule has 1 aliphatic heterocycles. The van der Waals surface area contributed by atoms with Gasteiger partial charge in [0.25, 0.3) is 0 Å². The molecule has 2 atom stereocenters. The van der Waals surface area contributed by atoms with Crippen molar-refractivity contribution >= 4 is 17.5 Å². The number of hydrogen-bond acceptors (Lipinski definition) is 5. The van der Waals surface area contributed by atoms with E-state index in [2.05, 4.69) is 15.8 Å². The summed E-state index contributed by atoms with van der Waals surface area (Å²) in [6.07, 6.45) is 4.13. The first-order valence-electron chi connectivity index (χ1n) is 10.0. The molecular formula is C21H33N3O3S. The van der Waals surface area contributed by atoms with Crippen molar-refractivity contribution in [3.63, 3.8) is 0 Å². The van der Waals surface area contributed by atoms with Gasteiger partial charge in [-0.25, -0.2) is 4.79 Å². The van der Waals surface area contributed by atoms with Gasteiger partial charge in [-0.05, 0) is 72.4 Å². The summed E-state index contributed by atoms with van der Waals surface area (Å²) in [6, 6.07) is 4.02. The van der Waals surface area contributed by atoms with Gasteiger partial charge in [-0.2, -0.15) is 0 Å². The van der Waals surface area contributed by atoms with Gasteiger partial charge in [0.1, 0.15) is 16.4 Å². The maximum absolute atomic E-state index is 12.9. The summed E-state index contributed by atoms with van der Waals surface area (Å²) in [6.45, 7) is 12.9. The molecule has 0 unspecified atom stereocenters. The zero-order valence-corrected chi connectivity index (χ0v) is 18.7. The minimum Gasteiger partial charge on any atom is -0.598 e. The van der Waals surface area contributed by atoms with E-state index in [9.17, 15) is 9.35 Å². The highest BCUT2D eigenvalue weighted by Gasteiger charge is 2.51. The number of carbonyl (C=O) groups excluding carboxylic acids is 1. The molecule has 0 saturated carbocycles. The third-order valence-corrected chi connectivity index (χ3v) is 7.11. The van der Waals surface area contributed by atoms with Gasteiger partial charge in [0.15, 0.2) is 0 Å². The fourth-order valence-electron chi connectivity index (χ4n) is 4.02. The highest BCUT2D eigenvalue weighted by atomic mass is 32.2. The van der Waals surface area contributed by atoms with Crippen LogP contribution >= 0.6 is 0 Å². The van der Waals surface area contributed by atoms with Gasteiger partial charge in [-0.3, -0.25) is 4.98 Å². The lowest BCUT2D eigenvalue weighted by atomic mass is 9.73. The average molecular weight is 408 g/mol. The first kappa shape index (κ1) is 21.4. The molecule has 1 aliphatic carbocycles. The summed E-state index contributed by atoms with van der Waals surface area (Å²) >= 11 is -1.19. The van der Waals surface area contributed by atoms with Crippen LogP contribution in [0.5, 0.6) is 0 Å². The second-order valence-corrected chi connectivity index (χ2v) is 12.0. The Morgan fingerprint density at radius 3 is 2.50 bits per heavy atom. The Morgan fingerprint density at radius 2 is 1.93 bits per heavy atom. The summed E-state index contributed by atoms with van der Waals surface area (Å²) in [5, 5.41) is 0. The van der Waals surface area contributed by atoms with Gasteiger partial charge in [-0.1, -0.05) is 6.07 Å². The number of pyridine rings is 1. The van der Waals surface area contributed by atoms with Gasteiger partial charge in [-0.15, -0.1) is 4.72 Å². The third kappa shape index (κ3) is 4.47. The van der Waals surface area contributed by atoms with Crippen molar-refractivity contribution in [1.29, 1.82) is 0 Å². The lowest BCUT2D eigenvalue weighted by Crippen LogP contribution is -2.51. The van der Waals surface area contributed by atoms with Gasteiger partial charge < -0.3 is 14.2 Å². The van der Waals surface area contributed by atoms with E-state index < -0.39 is 17.0 Å². The number of aromatic nitrogens is 1. The van der Waals surface area contributed by atoms with E-state index in [0.29, 0.717) is 13.1 Å². The van der Waals surface area contributed by atoms with Gasteiger partial charge in [0, 0.05) is 36.1 Å². The summed E-state index contributed by atoms with van der Waals surface area (Å²) in [5.41, 5.74) is 1.66. The summed E-state index contributed by atoms with van der Waals surface area (Å²) in [5.74, 6) is 0. The van der Waals surface area contributed by atoms with Crippen molar-refractivity contribution in [2.75, 3.05) is 13.1 Å². The maximum atomic E-state index is 12.9. The zero-order valence-electron chi connectivity index (χ0n) is 17.9. The van der Waals surface area contributed by atoms with E-state index >= 15 is 0 Å². The van der Waals surface area contributed by atoms with Crippen molar-refractivity contribution in [3.8, 4) is 0 Å². The monoisotopic (exact) mass is 407 g/mol. The molecule has 28 heavy (non-hydrogen) atoms. The van der Waals surface area contributed by atoms with Crippen LogP contribution in [-0.4, -0.2) is 44.0 Å². The molecule has 0 bridgehead atoms. The Balaban J connectivity index is 1.78. The smallest absolute Gasteiger partial charge is 0.410 e. The Kier molecular flexibility index (Phi) is 5.73. The molecule has 1 spiro atoms. The summed E-state index contributed by atoms with van der Waals surface area (Å²) in [4.78, 5) is 18.9. The average Bonchev–Trinajstić information content (AvgIpc) is 2.86. The third-order valence-electron chi connectivity index (χ3n) is 5.55. The lowest BCUT2D eigenvalue weighted by molar-refractivity contribution is 0.00705. The standard InChI is InChI=1S/C21H33N3O3S/c1-19(2,3)27-18(25)24-12-9-21(10-13-24)14-15-8-7-11-22-16(15)17(21)23-28(26)20(4,5)6/h7-8,11,17,23H,9-10,12-14H2,1-6H3/t17-,28-/m1/s1. The Morgan fingerprint density at radius 1 is 1.29 bits per heavy atom. The number of carbonyl (C=O) groups is 1. The number of nitrogens with zero attached hydrogens (tertiary/aromatic N) is 2. The molecule has 156 valence electrons. The normalized spacial score (nSPS) is 22.8. The minimum absolute atomic E-state index is 0.0652. The predicted octanol–water partition coefficient (Wildman–Crippen LogP) is 3.75. The van der Waals surface area contributed by atoms with E-state index in [1.165, 1.54) is 5.56 Å². The van der Waals surface area contributed by atoms with Crippen LogP contribution < -0.4 is 4.72 Å². The highest BCUT2D eigenvalue weighted by Crippen LogP contribution is 2.52. The molecule has 6 nitrogen and oxygen atoms in total. The molecule has 1 saturated heterocycles. The van der Waals surface area contributed by atoms with Crippen LogP contribution in [0.15, 0.2) is 18.3 Å². The van der Waals surface area contributed by atoms with E-state index in [1.807, 2.05) is 53.8 Å². The summed E-state index contributed by atoms with van der Waals surface area (Å²) < 4.78 is 21.5. The number of hydrogen-bond donors (Lipinski definition) is 1. The van der Waals surface area contributed by atoms with E-state index in [1.54, 1.807) is 4.90 Å². The first-order chi connectivity index (χ1) is 12.9. The van der Waals surface area contributed by atoms with E-state index in [0.717, 1.165) is 25.0 Å². The number of piperidine rings is 1. The van der Waals surface area contributed by atoms with Crippen LogP contribution in [0.1, 0.15) is 71.7 Å². The zero-order chi connectivity index (χ0) is 20.7. The first-order valence-corrected chi connectivity index (χ1v) is 11.2. The van der Waals surface area contributed by atoms with Crippen molar-refractivity contribution in [3.05, 3.63) is 29.6 Å². The molecule has 1 N–H and O–H groups in total. The number of ether oxygens (including phenoxy) is 1. The van der Waals surface area contributed by atoms with Gasteiger partial charge in [0.2, 0.25) is 0 Å². The van der Waals surface area contributed by atoms with Gasteiger partial charge >= 0.3 is 6.09 Å². The molecule has 0 radical (unpaired) electrons. The van der Waals surface area contributed by atoms with Crippen molar-refractivity contribution in [2.24, 2.45) is 5.41 Å². The van der Waals surface area contributed by atoms with Crippen molar-refractivity contribution in [2.45, 2.75) is 77.2 Å². The van der Waals surface area contributed by atoms with E-state index in [4.69, 9.17) is 4.74 Å². The Bertz CT molecular complexity index is 718. The SMILES string of the molecule is CC(C)(C)OC(=O)N1CCC2(CC1)Cc1cccnc1[C@H]2N[S@+]([O-])C(C)(C)C. The largest absolute Gasteiger partial charge is 0.598 e. The topological polar surface area (TPSA) is 77.5 Å². The second kappa shape index (κ2) is 7.50. The van der Waals surface area contributed by atoms with Gasteiger partial charge in [0.05, 0.1) is 5.69 Å². The number of fused-ring (bicyclic) bond motifs is 1. The van der Waals surface area contributed by atoms with E-state index in [-0.39, 0.29) is 22.3 Å². The Hall–Kier alpha value is -1.31. The predicted molar refractivity (Wildman–Crippen MR) is 111 cm³/mol. The fourth-order valence-corrected chi connectivity index (χ4v) is 4.95. The number of amides is 1. The van der Waals surface area contributed by atoms with Crippen LogP contribution in [-0.2, 0) is 22.5 Å². The molecule has 1 aromatic heterocycles. The van der Waals surface area contributed by atoms with Crippen LogP contribution in [0.3, 0.4) is 0 Å². The number of nitrogens with one attached hydrogen (secondary N) is 1. The lowest BCUT2D eigenvalue weighted by Gasteiger charge is -2.43. The highest BCUT2D eigenvalue weighted by molar-refractivity contribution is 7.90. The number of rotatable bonds is 2. The fraction of sp³-hybridized carbons (Fsp3) is 0.714. The van der Waals surface area contributed by atoms with Crippen molar-refractivity contribution in [1.82, 2.24) is 14.6 Å². The minimum atomic E-state index is -1.19. The molecule has 1 amide bonds. The maximum Gasteiger partial charge on any atom is 0.410 e. The van der Waals surface area contributed by atoms with Crippen LogP contribution in [0, 0.1) is 5.41 Å². The molecule has 2 aliphatic rings. The Labute approximate surface area is 171 Å². The molecular weight excluding hydrogens is 374 g/mol. The van der Waals surface area contributed by atoms with Crippen molar-refractivity contribution < 1.29 is 14.1 Å². The quantitative estimate of drug-likeness (QED) is 0.756. The van der Waals surface area contributed by atoms with Crippen LogP contribution in [0.2, 0.25) is 0 Å². The molecule has 3 rings (SSSR count). The van der Waals surface area contributed by atoms with Crippen LogP contribution in [0.25, 0.3) is 0 Å². The number of likely N-dealkylation sites (tertiary alicyclic amines) is 1. The van der Waals surface area contributed by atoms with Crippen LogP contribution in [0.4, 0.5) is 4.79 Å². The summed E-state index contributed by atoms with van der Waals surface area (Å²) in [7, 11) is 0. The molecule has 1 aromatic rings. The second-order valence-electron chi connectivity index (χ2n) is 9.99. The molecule has 1 fully saturated rings. The molecule has 2 heterocycles.